The number of aryl methyl sites for hydroxylation is 1. The molecule has 1 unspecified atom stereocenters. The van der Waals surface area contributed by atoms with Gasteiger partial charge in [-0.2, -0.15) is 0 Å². The fourth-order valence-corrected chi connectivity index (χ4v) is 3.53. The standard InChI is InChI=1S/C20H25N3O3/c1-20(2,3)14-18(24)22-13-5-12-21-11-4-6-17(21)19(22)15-7-9-16(10-8-15)23(25)26/h4,6-11,19H,5,12-14H2,1-3H3. The number of nitro groups is 1. The Balaban J connectivity index is 2.02. The number of rotatable bonds is 3. The summed E-state index contributed by atoms with van der Waals surface area (Å²) in [7, 11) is 0. The third-order valence-electron chi connectivity index (χ3n) is 4.68. The minimum Gasteiger partial charge on any atom is -0.349 e. The lowest BCUT2D eigenvalue weighted by Crippen LogP contribution is -2.37. The molecule has 2 heterocycles. The van der Waals surface area contributed by atoms with Crippen LogP contribution in [0.15, 0.2) is 42.6 Å². The summed E-state index contributed by atoms with van der Waals surface area (Å²) in [5, 5.41) is 11.0. The van der Waals surface area contributed by atoms with Gasteiger partial charge in [0.05, 0.1) is 11.0 Å². The quantitative estimate of drug-likeness (QED) is 0.613. The molecule has 138 valence electrons. The molecule has 0 aliphatic carbocycles. The first-order valence-electron chi connectivity index (χ1n) is 8.95. The van der Waals surface area contributed by atoms with E-state index in [9.17, 15) is 14.9 Å². The molecule has 0 fully saturated rings. The van der Waals surface area contributed by atoms with Gasteiger partial charge in [-0.3, -0.25) is 14.9 Å². The van der Waals surface area contributed by atoms with Crippen LogP contribution >= 0.6 is 0 Å². The van der Waals surface area contributed by atoms with Crippen molar-refractivity contribution in [2.75, 3.05) is 6.54 Å². The SMILES string of the molecule is CC(C)(C)CC(=O)N1CCCn2cccc2C1c1ccc([N+](=O)[O-])cc1. The van der Waals surface area contributed by atoms with Crippen LogP contribution in [-0.2, 0) is 11.3 Å². The Morgan fingerprint density at radius 3 is 2.50 bits per heavy atom. The van der Waals surface area contributed by atoms with Crippen molar-refractivity contribution in [2.45, 2.75) is 46.2 Å². The molecular formula is C20H25N3O3. The van der Waals surface area contributed by atoms with E-state index in [0.29, 0.717) is 13.0 Å². The van der Waals surface area contributed by atoms with Crippen LogP contribution < -0.4 is 0 Å². The average molecular weight is 355 g/mol. The van der Waals surface area contributed by atoms with E-state index >= 15 is 0 Å². The molecule has 1 aliphatic heterocycles. The normalized spacial score (nSPS) is 17.5. The number of carbonyl (C=O) groups is 1. The Morgan fingerprint density at radius 2 is 1.88 bits per heavy atom. The Kier molecular flexibility index (Phi) is 4.85. The summed E-state index contributed by atoms with van der Waals surface area (Å²) in [4.78, 5) is 25.6. The Morgan fingerprint density at radius 1 is 1.19 bits per heavy atom. The highest BCUT2D eigenvalue weighted by Crippen LogP contribution is 2.34. The van der Waals surface area contributed by atoms with Crippen molar-refractivity contribution in [3.05, 3.63) is 64.0 Å². The number of amides is 1. The molecule has 1 aromatic carbocycles. The van der Waals surface area contributed by atoms with Gasteiger partial charge in [-0.05, 0) is 41.7 Å². The van der Waals surface area contributed by atoms with Crippen molar-refractivity contribution in [2.24, 2.45) is 5.41 Å². The van der Waals surface area contributed by atoms with Crippen molar-refractivity contribution in [1.82, 2.24) is 9.47 Å². The molecule has 0 bridgehead atoms. The molecule has 1 amide bonds. The van der Waals surface area contributed by atoms with Gasteiger partial charge in [0.2, 0.25) is 5.91 Å². The second-order valence-corrected chi connectivity index (χ2v) is 8.06. The molecule has 2 aromatic rings. The highest BCUT2D eigenvalue weighted by Gasteiger charge is 2.32. The molecule has 6 nitrogen and oxygen atoms in total. The number of aromatic nitrogens is 1. The Hall–Kier alpha value is -2.63. The van der Waals surface area contributed by atoms with Crippen LogP contribution in [0.4, 0.5) is 5.69 Å². The maximum absolute atomic E-state index is 13.1. The predicted octanol–water partition coefficient (Wildman–Crippen LogP) is 4.15. The largest absolute Gasteiger partial charge is 0.349 e. The Bertz CT molecular complexity index is 802. The van der Waals surface area contributed by atoms with Crippen molar-refractivity contribution >= 4 is 11.6 Å². The number of carbonyl (C=O) groups excluding carboxylic acids is 1. The van der Waals surface area contributed by atoms with E-state index in [1.807, 2.05) is 23.2 Å². The molecule has 0 saturated carbocycles. The van der Waals surface area contributed by atoms with Crippen LogP contribution in [0.1, 0.15) is 50.9 Å². The maximum atomic E-state index is 13.1. The third-order valence-corrected chi connectivity index (χ3v) is 4.68. The van der Waals surface area contributed by atoms with Crippen LogP contribution in [0, 0.1) is 15.5 Å². The van der Waals surface area contributed by atoms with E-state index < -0.39 is 4.92 Å². The van der Waals surface area contributed by atoms with Crippen molar-refractivity contribution < 1.29 is 9.72 Å². The minimum absolute atomic E-state index is 0.0605. The zero-order valence-corrected chi connectivity index (χ0v) is 15.5. The van der Waals surface area contributed by atoms with Gasteiger partial charge in [0.1, 0.15) is 0 Å². The van der Waals surface area contributed by atoms with Gasteiger partial charge in [0.15, 0.2) is 0 Å². The molecule has 0 saturated heterocycles. The first-order chi connectivity index (χ1) is 12.3. The van der Waals surface area contributed by atoms with E-state index in [1.54, 1.807) is 12.1 Å². The highest BCUT2D eigenvalue weighted by molar-refractivity contribution is 5.78. The summed E-state index contributed by atoms with van der Waals surface area (Å²) in [5.74, 6) is 0.121. The van der Waals surface area contributed by atoms with Crippen LogP contribution in [0.2, 0.25) is 0 Å². The molecule has 0 N–H and O–H groups in total. The van der Waals surface area contributed by atoms with Gasteiger partial charge in [-0.15, -0.1) is 0 Å². The van der Waals surface area contributed by atoms with E-state index in [-0.39, 0.29) is 23.1 Å². The van der Waals surface area contributed by atoms with Gasteiger partial charge in [-0.1, -0.05) is 20.8 Å². The topological polar surface area (TPSA) is 68.4 Å². The number of benzene rings is 1. The van der Waals surface area contributed by atoms with Crippen LogP contribution in [0.5, 0.6) is 0 Å². The van der Waals surface area contributed by atoms with E-state index in [4.69, 9.17) is 0 Å². The number of hydrogen-bond donors (Lipinski definition) is 0. The number of nitrogens with zero attached hydrogens (tertiary/aromatic N) is 3. The summed E-state index contributed by atoms with van der Waals surface area (Å²) in [6, 6.07) is 10.4. The zero-order valence-electron chi connectivity index (χ0n) is 15.5. The van der Waals surface area contributed by atoms with Gasteiger partial charge < -0.3 is 9.47 Å². The van der Waals surface area contributed by atoms with Gasteiger partial charge in [0.25, 0.3) is 5.69 Å². The molecular weight excluding hydrogens is 330 g/mol. The van der Waals surface area contributed by atoms with Crippen LogP contribution in [-0.4, -0.2) is 26.8 Å². The van der Waals surface area contributed by atoms with E-state index in [0.717, 1.165) is 24.2 Å². The summed E-state index contributed by atoms with van der Waals surface area (Å²) in [5.41, 5.74) is 1.93. The first-order valence-corrected chi connectivity index (χ1v) is 8.95. The van der Waals surface area contributed by atoms with Crippen LogP contribution in [0.25, 0.3) is 0 Å². The smallest absolute Gasteiger partial charge is 0.269 e. The molecule has 0 radical (unpaired) electrons. The first kappa shape index (κ1) is 18.2. The summed E-state index contributed by atoms with van der Waals surface area (Å²) >= 11 is 0. The second-order valence-electron chi connectivity index (χ2n) is 8.06. The van der Waals surface area contributed by atoms with Crippen molar-refractivity contribution in [1.29, 1.82) is 0 Å². The van der Waals surface area contributed by atoms with Gasteiger partial charge in [-0.25, -0.2) is 0 Å². The summed E-state index contributed by atoms with van der Waals surface area (Å²) < 4.78 is 2.18. The molecule has 3 rings (SSSR count). The molecule has 26 heavy (non-hydrogen) atoms. The second kappa shape index (κ2) is 6.94. The lowest BCUT2D eigenvalue weighted by molar-refractivity contribution is -0.384. The number of hydrogen-bond acceptors (Lipinski definition) is 3. The van der Waals surface area contributed by atoms with Crippen LogP contribution in [0.3, 0.4) is 0 Å². The summed E-state index contributed by atoms with van der Waals surface area (Å²) in [6.45, 7) is 7.73. The zero-order chi connectivity index (χ0) is 18.9. The summed E-state index contributed by atoms with van der Waals surface area (Å²) in [6.07, 6.45) is 3.39. The van der Waals surface area contributed by atoms with Crippen molar-refractivity contribution in [3.63, 3.8) is 0 Å². The molecule has 0 spiro atoms. The van der Waals surface area contributed by atoms with E-state index in [2.05, 4.69) is 25.3 Å². The third kappa shape index (κ3) is 3.79. The lowest BCUT2D eigenvalue weighted by atomic mass is 9.90. The highest BCUT2D eigenvalue weighted by atomic mass is 16.6. The average Bonchev–Trinajstić information content (AvgIpc) is 2.93. The van der Waals surface area contributed by atoms with E-state index in [1.165, 1.54) is 12.1 Å². The minimum atomic E-state index is -0.401. The Labute approximate surface area is 153 Å². The van der Waals surface area contributed by atoms with Gasteiger partial charge in [0, 0.05) is 43.5 Å². The molecule has 1 atom stereocenters. The number of nitro benzene ring substituents is 1. The maximum Gasteiger partial charge on any atom is 0.269 e. The molecule has 1 aromatic heterocycles. The molecule has 1 aliphatic rings. The predicted molar refractivity (Wildman–Crippen MR) is 99.8 cm³/mol. The monoisotopic (exact) mass is 355 g/mol. The lowest BCUT2D eigenvalue weighted by Gasteiger charge is -2.33. The molecule has 6 heteroatoms. The fraction of sp³-hybridized carbons (Fsp3) is 0.450. The fourth-order valence-electron chi connectivity index (χ4n) is 3.53. The number of non-ortho nitro benzene ring substituents is 1. The van der Waals surface area contributed by atoms with Crippen molar-refractivity contribution in [3.8, 4) is 0 Å². The van der Waals surface area contributed by atoms with Gasteiger partial charge >= 0.3 is 0 Å². The number of fused-ring (bicyclic) bond motifs is 1.